The molecular weight excluding hydrogens is 358 g/mol. The summed E-state index contributed by atoms with van der Waals surface area (Å²) < 4.78 is 33.8. The maximum absolute atomic E-state index is 12.9. The molecule has 1 atom stereocenters. The SMILES string of the molecule is COc1ccc2cc(S(=O)(=O)N[C@H](C)c3ccc4c(c3)CCC4)ccc2c1. The summed E-state index contributed by atoms with van der Waals surface area (Å²) in [4.78, 5) is 0.271. The summed E-state index contributed by atoms with van der Waals surface area (Å²) in [5.41, 5.74) is 3.74. The summed E-state index contributed by atoms with van der Waals surface area (Å²) >= 11 is 0. The van der Waals surface area contributed by atoms with Crippen molar-refractivity contribution in [3.63, 3.8) is 0 Å². The van der Waals surface area contributed by atoms with Gasteiger partial charge in [-0.1, -0.05) is 30.3 Å². The molecule has 3 aromatic rings. The third-order valence-corrected chi connectivity index (χ3v) is 6.82. The average molecular weight is 381 g/mol. The molecule has 0 radical (unpaired) electrons. The second-order valence-corrected chi connectivity index (χ2v) is 8.81. The first-order chi connectivity index (χ1) is 13.0. The Morgan fingerprint density at radius 2 is 1.67 bits per heavy atom. The van der Waals surface area contributed by atoms with Crippen LogP contribution in [-0.4, -0.2) is 15.5 Å². The minimum absolute atomic E-state index is 0.271. The van der Waals surface area contributed by atoms with Gasteiger partial charge in [0.2, 0.25) is 10.0 Å². The molecule has 4 rings (SSSR count). The molecule has 140 valence electrons. The predicted octanol–water partition coefficient (Wildman–Crippen LogP) is 4.38. The quantitative estimate of drug-likeness (QED) is 0.714. The lowest BCUT2D eigenvalue weighted by Crippen LogP contribution is -2.27. The first kappa shape index (κ1) is 18.0. The molecule has 1 aliphatic carbocycles. The van der Waals surface area contributed by atoms with E-state index in [1.807, 2.05) is 37.3 Å². The van der Waals surface area contributed by atoms with Gasteiger partial charge in [0.05, 0.1) is 12.0 Å². The van der Waals surface area contributed by atoms with Gasteiger partial charge in [-0.05, 0) is 77.9 Å². The Morgan fingerprint density at radius 1 is 0.926 bits per heavy atom. The van der Waals surface area contributed by atoms with Gasteiger partial charge in [-0.25, -0.2) is 13.1 Å². The van der Waals surface area contributed by atoms with E-state index in [9.17, 15) is 8.42 Å². The number of nitrogens with one attached hydrogen (secondary N) is 1. The molecule has 0 spiro atoms. The molecule has 0 aliphatic heterocycles. The minimum atomic E-state index is -3.61. The lowest BCUT2D eigenvalue weighted by Gasteiger charge is -2.16. The molecule has 4 nitrogen and oxygen atoms in total. The number of fused-ring (bicyclic) bond motifs is 2. The topological polar surface area (TPSA) is 55.4 Å². The van der Waals surface area contributed by atoms with E-state index in [4.69, 9.17) is 4.74 Å². The fourth-order valence-corrected chi connectivity index (χ4v) is 4.99. The van der Waals surface area contributed by atoms with Crippen molar-refractivity contribution in [3.05, 3.63) is 71.3 Å². The third-order valence-electron chi connectivity index (χ3n) is 5.28. The van der Waals surface area contributed by atoms with Crippen molar-refractivity contribution in [1.82, 2.24) is 4.72 Å². The van der Waals surface area contributed by atoms with Crippen LogP contribution in [0.5, 0.6) is 5.75 Å². The highest BCUT2D eigenvalue weighted by Gasteiger charge is 2.20. The highest BCUT2D eigenvalue weighted by molar-refractivity contribution is 7.89. The number of aryl methyl sites for hydroxylation is 2. The number of benzene rings is 3. The minimum Gasteiger partial charge on any atom is -0.497 e. The highest BCUT2D eigenvalue weighted by Crippen LogP contribution is 2.27. The summed E-state index contributed by atoms with van der Waals surface area (Å²) in [5.74, 6) is 0.751. The zero-order valence-corrected chi connectivity index (χ0v) is 16.3. The number of sulfonamides is 1. The predicted molar refractivity (Wildman–Crippen MR) is 108 cm³/mol. The summed E-state index contributed by atoms with van der Waals surface area (Å²) in [6.45, 7) is 1.89. The molecule has 27 heavy (non-hydrogen) atoms. The van der Waals surface area contributed by atoms with Crippen LogP contribution in [0, 0.1) is 0 Å². The van der Waals surface area contributed by atoms with Crippen LogP contribution >= 0.6 is 0 Å². The molecule has 1 N–H and O–H groups in total. The maximum Gasteiger partial charge on any atom is 0.241 e. The molecule has 1 aliphatic rings. The van der Waals surface area contributed by atoms with E-state index in [1.54, 1.807) is 19.2 Å². The second-order valence-electron chi connectivity index (χ2n) is 7.10. The summed E-state index contributed by atoms with van der Waals surface area (Å²) in [6.07, 6.45) is 3.38. The Balaban J connectivity index is 1.60. The van der Waals surface area contributed by atoms with Gasteiger partial charge < -0.3 is 4.74 Å². The molecule has 0 aromatic heterocycles. The molecule has 0 saturated heterocycles. The van der Waals surface area contributed by atoms with Gasteiger partial charge in [-0.15, -0.1) is 0 Å². The Kier molecular flexibility index (Phi) is 4.66. The lowest BCUT2D eigenvalue weighted by atomic mass is 10.0. The lowest BCUT2D eigenvalue weighted by molar-refractivity contribution is 0.415. The fourth-order valence-electron chi connectivity index (χ4n) is 3.73. The second kappa shape index (κ2) is 6.98. The van der Waals surface area contributed by atoms with Crippen molar-refractivity contribution in [1.29, 1.82) is 0 Å². The molecule has 0 bridgehead atoms. The van der Waals surface area contributed by atoms with Crippen LogP contribution in [0.25, 0.3) is 10.8 Å². The van der Waals surface area contributed by atoms with E-state index >= 15 is 0 Å². The number of hydrogen-bond donors (Lipinski definition) is 1. The van der Waals surface area contributed by atoms with Crippen LogP contribution in [0.15, 0.2) is 59.5 Å². The normalized spacial score (nSPS) is 14.9. The number of ether oxygens (including phenoxy) is 1. The van der Waals surface area contributed by atoms with E-state index < -0.39 is 10.0 Å². The van der Waals surface area contributed by atoms with Crippen LogP contribution in [0.2, 0.25) is 0 Å². The van der Waals surface area contributed by atoms with Gasteiger partial charge in [0.25, 0.3) is 0 Å². The zero-order valence-electron chi connectivity index (χ0n) is 15.5. The summed E-state index contributed by atoms with van der Waals surface area (Å²) in [5, 5.41) is 1.81. The molecule has 3 aromatic carbocycles. The highest BCUT2D eigenvalue weighted by atomic mass is 32.2. The molecule has 0 unspecified atom stereocenters. The summed E-state index contributed by atoms with van der Waals surface area (Å²) in [6, 6.07) is 16.8. The number of hydrogen-bond acceptors (Lipinski definition) is 3. The Bertz CT molecular complexity index is 1110. The van der Waals surface area contributed by atoms with Crippen molar-refractivity contribution < 1.29 is 13.2 Å². The van der Waals surface area contributed by atoms with E-state index in [2.05, 4.69) is 16.9 Å². The van der Waals surface area contributed by atoms with Crippen LogP contribution in [-0.2, 0) is 22.9 Å². The van der Waals surface area contributed by atoms with Crippen molar-refractivity contribution in [2.45, 2.75) is 37.1 Å². The van der Waals surface area contributed by atoms with E-state index in [-0.39, 0.29) is 10.9 Å². The Morgan fingerprint density at radius 3 is 2.48 bits per heavy atom. The molecular formula is C22H23NO3S. The van der Waals surface area contributed by atoms with Crippen molar-refractivity contribution in [2.24, 2.45) is 0 Å². The number of rotatable bonds is 5. The molecule has 0 saturated carbocycles. The van der Waals surface area contributed by atoms with Gasteiger partial charge >= 0.3 is 0 Å². The molecule has 5 heteroatoms. The van der Waals surface area contributed by atoms with Crippen LogP contribution in [0.4, 0.5) is 0 Å². The molecule has 0 fully saturated rings. The van der Waals surface area contributed by atoms with Crippen LogP contribution in [0.1, 0.15) is 36.1 Å². The van der Waals surface area contributed by atoms with Gasteiger partial charge in [0, 0.05) is 6.04 Å². The molecule has 0 heterocycles. The van der Waals surface area contributed by atoms with Gasteiger partial charge in [0.15, 0.2) is 0 Å². The van der Waals surface area contributed by atoms with E-state index in [0.29, 0.717) is 0 Å². The average Bonchev–Trinajstić information content (AvgIpc) is 3.14. The van der Waals surface area contributed by atoms with E-state index in [1.165, 1.54) is 17.5 Å². The largest absolute Gasteiger partial charge is 0.497 e. The first-order valence-electron chi connectivity index (χ1n) is 9.18. The monoisotopic (exact) mass is 381 g/mol. The Hall–Kier alpha value is -2.37. The first-order valence-corrected chi connectivity index (χ1v) is 10.7. The van der Waals surface area contributed by atoms with Gasteiger partial charge in [-0.3, -0.25) is 0 Å². The van der Waals surface area contributed by atoms with Gasteiger partial charge in [0.1, 0.15) is 5.75 Å². The summed E-state index contributed by atoms with van der Waals surface area (Å²) in [7, 11) is -1.99. The van der Waals surface area contributed by atoms with E-state index in [0.717, 1.165) is 34.9 Å². The maximum atomic E-state index is 12.9. The van der Waals surface area contributed by atoms with Crippen LogP contribution < -0.4 is 9.46 Å². The fraction of sp³-hybridized carbons (Fsp3) is 0.273. The number of methoxy groups -OCH3 is 1. The van der Waals surface area contributed by atoms with Crippen LogP contribution in [0.3, 0.4) is 0 Å². The van der Waals surface area contributed by atoms with Gasteiger partial charge in [-0.2, -0.15) is 0 Å². The van der Waals surface area contributed by atoms with Crippen molar-refractivity contribution in [2.75, 3.05) is 7.11 Å². The Labute approximate surface area is 160 Å². The zero-order chi connectivity index (χ0) is 19.0. The van der Waals surface area contributed by atoms with Crippen molar-refractivity contribution >= 4 is 20.8 Å². The van der Waals surface area contributed by atoms with Crippen molar-refractivity contribution in [3.8, 4) is 5.75 Å². The standard InChI is InChI=1S/C22H23NO3S/c1-15(17-7-6-16-4-3-5-18(16)12-17)23-27(24,25)22-11-9-19-13-21(26-2)10-8-20(19)14-22/h6-15,23H,3-5H2,1-2H3/t15-/m1/s1. The smallest absolute Gasteiger partial charge is 0.241 e. The molecule has 0 amide bonds. The third kappa shape index (κ3) is 3.57.